The fourth-order valence-electron chi connectivity index (χ4n) is 1.04. The van der Waals surface area contributed by atoms with E-state index in [-0.39, 0.29) is 18.4 Å². The van der Waals surface area contributed by atoms with E-state index in [1.54, 1.807) is 6.20 Å². The summed E-state index contributed by atoms with van der Waals surface area (Å²) in [5.74, 6) is 5.49. The Hall–Kier alpha value is -1.38. The van der Waals surface area contributed by atoms with Gasteiger partial charge in [0.05, 0.1) is 11.1 Å². The molecule has 0 bridgehead atoms. The van der Waals surface area contributed by atoms with Crippen molar-refractivity contribution in [3.05, 3.63) is 11.1 Å². The number of thiazole rings is 1. The van der Waals surface area contributed by atoms with Crippen LogP contribution in [0.15, 0.2) is 6.20 Å². The zero-order valence-electron chi connectivity index (χ0n) is 10.2. The first-order valence-electron chi connectivity index (χ1n) is 5.41. The van der Waals surface area contributed by atoms with Crippen molar-refractivity contribution in [2.75, 3.05) is 11.9 Å². The molecule has 0 aliphatic carbocycles. The van der Waals surface area contributed by atoms with Crippen molar-refractivity contribution in [3.63, 3.8) is 0 Å². The second-order valence-electron chi connectivity index (χ2n) is 4.01. The molecule has 17 heavy (non-hydrogen) atoms. The van der Waals surface area contributed by atoms with Gasteiger partial charge >= 0.3 is 0 Å². The fourth-order valence-corrected chi connectivity index (χ4v) is 1.73. The largest absolute Gasteiger partial charge is 0.384 e. The lowest BCUT2D eigenvalue weighted by Gasteiger charge is -2.13. The second kappa shape index (κ2) is 6.38. The first kappa shape index (κ1) is 13.7. The molecule has 4 nitrogen and oxygen atoms in total. The lowest BCUT2D eigenvalue weighted by molar-refractivity contribution is -0.120. The smallest absolute Gasteiger partial charge is 0.229 e. The number of amides is 1. The summed E-state index contributed by atoms with van der Waals surface area (Å²) >= 11 is 1.30. The Balaban J connectivity index is 2.63. The number of aliphatic hydroxyl groups excluding tert-OH is 1. The maximum atomic E-state index is 11.8. The van der Waals surface area contributed by atoms with Gasteiger partial charge in [-0.1, -0.05) is 43.9 Å². The van der Waals surface area contributed by atoms with Crippen LogP contribution in [0.3, 0.4) is 0 Å². The number of nitrogens with one attached hydrogen (secondary N) is 1. The van der Waals surface area contributed by atoms with Crippen LogP contribution < -0.4 is 5.32 Å². The van der Waals surface area contributed by atoms with Gasteiger partial charge in [0.1, 0.15) is 6.61 Å². The molecule has 1 rings (SSSR count). The Labute approximate surface area is 105 Å². The van der Waals surface area contributed by atoms with Crippen LogP contribution in [-0.2, 0) is 4.79 Å². The third-order valence-electron chi connectivity index (χ3n) is 2.44. The Bertz CT molecular complexity index is 443. The van der Waals surface area contributed by atoms with Gasteiger partial charge in [0.15, 0.2) is 5.13 Å². The third-order valence-corrected chi connectivity index (χ3v) is 3.27. The highest BCUT2D eigenvalue weighted by molar-refractivity contribution is 7.16. The Morgan fingerprint density at radius 3 is 2.88 bits per heavy atom. The minimum atomic E-state index is -0.177. The molecule has 0 spiro atoms. The number of anilines is 1. The van der Waals surface area contributed by atoms with E-state index in [9.17, 15) is 4.79 Å². The molecule has 1 aromatic heterocycles. The van der Waals surface area contributed by atoms with Crippen LogP contribution in [0.2, 0.25) is 0 Å². The van der Waals surface area contributed by atoms with Crippen molar-refractivity contribution < 1.29 is 9.90 Å². The second-order valence-corrected chi connectivity index (χ2v) is 5.04. The van der Waals surface area contributed by atoms with Gasteiger partial charge in [-0.3, -0.25) is 4.79 Å². The first-order valence-corrected chi connectivity index (χ1v) is 6.22. The molecule has 0 saturated carbocycles. The van der Waals surface area contributed by atoms with Gasteiger partial charge in [-0.15, -0.1) is 0 Å². The molecule has 92 valence electrons. The van der Waals surface area contributed by atoms with Crippen molar-refractivity contribution in [3.8, 4) is 11.8 Å². The summed E-state index contributed by atoms with van der Waals surface area (Å²) in [6, 6.07) is 0. The van der Waals surface area contributed by atoms with Crippen LogP contribution in [0.25, 0.3) is 0 Å². The molecular formula is C12H16N2O2S. The summed E-state index contributed by atoms with van der Waals surface area (Å²) in [4.78, 5) is 16.5. The van der Waals surface area contributed by atoms with Crippen LogP contribution in [-0.4, -0.2) is 22.6 Å². The SMILES string of the molecule is CC(C)C(C)C(=O)Nc1ncc(C#CCO)s1. The monoisotopic (exact) mass is 252 g/mol. The summed E-state index contributed by atoms with van der Waals surface area (Å²) in [5.41, 5.74) is 0. The summed E-state index contributed by atoms with van der Waals surface area (Å²) in [6.45, 7) is 5.72. The predicted octanol–water partition coefficient (Wildman–Crippen LogP) is 1.72. The average molecular weight is 252 g/mol. The highest BCUT2D eigenvalue weighted by Crippen LogP contribution is 2.19. The van der Waals surface area contributed by atoms with Crippen molar-refractivity contribution in [2.24, 2.45) is 11.8 Å². The molecule has 1 aromatic rings. The van der Waals surface area contributed by atoms with Crippen LogP contribution in [0, 0.1) is 23.7 Å². The summed E-state index contributed by atoms with van der Waals surface area (Å²) in [5, 5.41) is 11.9. The molecule has 5 heteroatoms. The molecule has 0 radical (unpaired) electrons. The minimum Gasteiger partial charge on any atom is -0.384 e. The number of hydrogen-bond donors (Lipinski definition) is 2. The van der Waals surface area contributed by atoms with Gasteiger partial charge in [-0.25, -0.2) is 4.98 Å². The van der Waals surface area contributed by atoms with E-state index < -0.39 is 0 Å². The van der Waals surface area contributed by atoms with Gasteiger partial charge in [-0.2, -0.15) is 0 Å². The molecule has 1 heterocycles. The van der Waals surface area contributed by atoms with E-state index in [1.807, 2.05) is 20.8 Å². The van der Waals surface area contributed by atoms with Crippen LogP contribution >= 0.6 is 11.3 Å². The minimum absolute atomic E-state index is 0.0315. The van der Waals surface area contributed by atoms with Crippen molar-refractivity contribution >= 4 is 22.4 Å². The van der Waals surface area contributed by atoms with Gasteiger partial charge in [0, 0.05) is 5.92 Å². The van der Waals surface area contributed by atoms with Crippen LogP contribution in [0.1, 0.15) is 25.6 Å². The quantitative estimate of drug-likeness (QED) is 0.805. The molecule has 0 saturated heterocycles. The lowest BCUT2D eigenvalue weighted by Crippen LogP contribution is -2.24. The molecule has 1 amide bonds. The average Bonchev–Trinajstić information content (AvgIpc) is 2.72. The van der Waals surface area contributed by atoms with Crippen molar-refractivity contribution in [1.82, 2.24) is 4.98 Å². The molecule has 0 aromatic carbocycles. The summed E-state index contributed by atoms with van der Waals surface area (Å²) < 4.78 is 0. The number of rotatable bonds is 3. The van der Waals surface area contributed by atoms with E-state index in [0.29, 0.717) is 11.0 Å². The van der Waals surface area contributed by atoms with E-state index in [2.05, 4.69) is 22.1 Å². The number of aliphatic hydroxyl groups is 1. The van der Waals surface area contributed by atoms with Crippen LogP contribution in [0.5, 0.6) is 0 Å². The van der Waals surface area contributed by atoms with Crippen LogP contribution in [0.4, 0.5) is 5.13 Å². The maximum Gasteiger partial charge on any atom is 0.229 e. The van der Waals surface area contributed by atoms with Crippen molar-refractivity contribution in [2.45, 2.75) is 20.8 Å². The number of aromatic nitrogens is 1. The number of hydrogen-bond acceptors (Lipinski definition) is 4. The number of carbonyl (C=O) groups is 1. The molecule has 2 N–H and O–H groups in total. The van der Waals surface area contributed by atoms with Gasteiger partial charge in [-0.05, 0) is 5.92 Å². The standard InChI is InChI=1S/C12H16N2O2S/c1-8(2)9(3)11(16)14-12-13-7-10(17-12)5-4-6-15/h7-9,15H,6H2,1-3H3,(H,13,14,16). The molecule has 0 aliphatic rings. The fraction of sp³-hybridized carbons (Fsp3) is 0.500. The molecule has 1 atom stereocenters. The van der Waals surface area contributed by atoms with Crippen molar-refractivity contribution in [1.29, 1.82) is 0 Å². The number of carbonyl (C=O) groups excluding carboxylic acids is 1. The molecule has 1 unspecified atom stereocenters. The molecular weight excluding hydrogens is 236 g/mol. The van der Waals surface area contributed by atoms with E-state index in [4.69, 9.17) is 5.11 Å². The lowest BCUT2D eigenvalue weighted by atomic mass is 9.97. The summed E-state index contributed by atoms with van der Waals surface area (Å²) in [7, 11) is 0. The Morgan fingerprint density at radius 2 is 2.29 bits per heavy atom. The maximum absolute atomic E-state index is 11.8. The normalized spacial score (nSPS) is 11.8. The van der Waals surface area contributed by atoms with Gasteiger partial charge in [0.2, 0.25) is 5.91 Å². The molecule has 0 aliphatic heterocycles. The topological polar surface area (TPSA) is 62.2 Å². The Morgan fingerprint density at radius 1 is 1.59 bits per heavy atom. The van der Waals surface area contributed by atoms with E-state index in [1.165, 1.54) is 11.3 Å². The first-order chi connectivity index (χ1) is 8.04. The summed E-state index contributed by atoms with van der Waals surface area (Å²) in [6.07, 6.45) is 1.59. The highest BCUT2D eigenvalue weighted by atomic mass is 32.1. The van der Waals surface area contributed by atoms with E-state index in [0.717, 1.165) is 4.88 Å². The number of nitrogens with zero attached hydrogens (tertiary/aromatic N) is 1. The van der Waals surface area contributed by atoms with Gasteiger partial charge in [0.25, 0.3) is 0 Å². The highest BCUT2D eigenvalue weighted by Gasteiger charge is 2.17. The zero-order valence-corrected chi connectivity index (χ0v) is 11.0. The molecule has 0 fully saturated rings. The third kappa shape index (κ3) is 4.17. The Kier molecular flexibility index (Phi) is 5.13. The van der Waals surface area contributed by atoms with Gasteiger partial charge < -0.3 is 10.4 Å². The predicted molar refractivity (Wildman–Crippen MR) is 68.7 cm³/mol. The van der Waals surface area contributed by atoms with E-state index >= 15 is 0 Å². The zero-order chi connectivity index (χ0) is 12.8.